The standard InChI is InChI=1S/C12H22N2O3/c1-12(2,8-10(15)16)14-11(17)13-7-3-4-9-5-6-9/h9H,3-8H2,1-2H3,(H,15,16)(H2,13,14,17). The van der Waals surface area contributed by atoms with Gasteiger partial charge in [-0.05, 0) is 32.6 Å². The minimum atomic E-state index is -0.913. The molecule has 0 atom stereocenters. The summed E-state index contributed by atoms with van der Waals surface area (Å²) in [7, 11) is 0. The number of carboxylic acids is 1. The molecule has 3 N–H and O–H groups in total. The number of hydrogen-bond donors (Lipinski definition) is 3. The Kier molecular flexibility index (Phi) is 4.78. The molecule has 1 fully saturated rings. The zero-order valence-corrected chi connectivity index (χ0v) is 10.6. The van der Waals surface area contributed by atoms with Crippen LogP contribution in [0.2, 0.25) is 0 Å². The van der Waals surface area contributed by atoms with E-state index in [4.69, 9.17) is 5.11 Å². The van der Waals surface area contributed by atoms with Crippen molar-refractivity contribution in [3.05, 3.63) is 0 Å². The van der Waals surface area contributed by atoms with Crippen LogP contribution in [0.25, 0.3) is 0 Å². The van der Waals surface area contributed by atoms with Crippen molar-refractivity contribution in [3.8, 4) is 0 Å². The Morgan fingerprint density at radius 3 is 2.53 bits per heavy atom. The highest BCUT2D eigenvalue weighted by Crippen LogP contribution is 2.33. The summed E-state index contributed by atoms with van der Waals surface area (Å²) in [5, 5.41) is 14.1. The first-order valence-electron chi connectivity index (χ1n) is 6.17. The molecule has 1 aliphatic carbocycles. The summed E-state index contributed by atoms with van der Waals surface area (Å²) >= 11 is 0. The van der Waals surface area contributed by atoms with E-state index in [0.29, 0.717) is 6.54 Å². The average molecular weight is 242 g/mol. The molecule has 5 heteroatoms. The first-order valence-corrected chi connectivity index (χ1v) is 6.17. The van der Waals surface area contributed by atoms with Crippen molar-refractivity contribution in [2.75, 3.05) is 6.54 Å². The molecule has 0 unspecified atom stereocenters. The third-order valence-corrected chi connectivity index (χ3v) is 2.82. The smallest absolute Gasteiger partial charge is 0.315 e. The van der Waals surface area contributed by atoms with E-state index in [1.165, 1.54) is 19.3 Å². The molecule has 2 amide bonds. The van der Waals surface area contributed by atoms with Gasteiger partial charge in [-0.1, -0.05) is 12.8 Å². The second-order valence-corrected chi connectivity index (χ2v) is 5.42. The molecule has 0 bridgehead atoms. The highest BCUT2D eigenvalue weighted by Gasteiger charge is 2.24. The van der Waals surface area contributed by atoms with Crippen molar-refractivity contribution in [2.45, 2.75) is 51.5 Å². The van der Waals surface area contributed by atoms with Gasteiger partial charge in [-0.3, -0.25) is 4.79 Å². The normalized spacial score (nSPS) is 15.4. The second kappa shape index (κ2) is 5.89. The van der Waals surface area contributed by atoms with Crippen LogP contribution in [0.1, 0.15) is 46.0 Å². The van der Waals surface area contributed by atoms with Crippen LogP contribution < -0.4 is 10.6 Å². The van der Waals surface area contributed by atoms with Crippen LogP contribution in [0.15, 0.2) is 0 Å². The minimum absolute atomic E-state index is 0.0809. The second-order valence-electron chi connectivity index (χ2n) is 5.42. The Hall–Kier alpha value is -1.26. The van der Waals surface area contributed by atoms with E-state index in [2.05, 4.69) is 10.6 Å². The van der Waals surface area contributed by atoms with Crippen molar-refractivity contribution in [1.82, 2.24) is 10.6 Å². The lowest BCUT2D eigenvalue weighted by Crippen LogP contribution is -2.49. The van der Waals surface area contributed by atoms with Crippen LogP contribution in [0.5, 0.6) is 0 Å². The van der Waals surface area contributed by atoms with Gasteiger partial charge in [0.05, 0.1) is 6.42 Å². The van der Waals surface area contributed by atoms with Gasteiger partial charge in [0.1, 0.15) is 0 Å². The fraction of sp³-hybridized carbons (Fsp3) is 0.833. The molecule has 1 rings (SSSR count). The molecule has 0 aromatic rings. The fourth-order valence-corrected chi connectivity index (χ4v) is 1.77. The van der Waals surface area contributed by atoms with Crippen LogP contribution in [0.3, 0.4) is 0 Å². The number of nitrogens with one attached hydrogen (secondary N) is 2. The Balaban J connectivity index is 2.11. The fourth-order valence-electron chi connectivity index (χ4n) is 1.77. The molecule has 1 aliphatic rings. The Bertz CT molecular complexity index is 285. The topological polar surface area (TPSA) is 78.4 Å². The predicted molar refractivity (Wildman–Crippen MR) is 64.8 cm³/mol. The molecule has 1 saturated carbocycles. The third-order valence-electron chi connectivity index (χ3n) is 2.82. The van der Waals surface area contributed by atoms with Crippen molar-refractivity contribution in [1.29, 1.82) is 0 Å². The van der Waals surface area contributed by atoms with Crippen molar-refractivity contribution < 1.29 is 14.7 Å². The highest BCUT2D eigenvalue weighted by molar-refractivity contribution is 5.76. The number of carbonyl (C=O) groups excluding carboxylic acids is 1. The van der Waals surface area contributed by atoms with E-state index in [1.807, 2.05) is 0 Å². The number of rotatable bonds is 7. The molecule has 0 aromatic heterocycles. The lowest BCUT2D eigenvalue weighted by atomic mass is 10.0. The monoisotopic (exact) mass is 242 g/mol. The maximum Gasteiger partial charge on any atom is 0.315 e. The van der Waals surface area contributed by atoms with Crippen molar-refractivity contribution >= 4 is 12.0 Å². The van der Waals surface area contributed by atoms with E-state index < -0.39 is 11.5 Å². The van der Waals surface area contributed by atoms with Gasteiger partial charge < -0.3 is 15.7 Å². The molecule has 5 nitrogen and oxygen atoms in total. The summed E-state index contributed by atoms with van der Waals surface area (Å²) in [6, 6.07) is -0.285. The first kappa shape index (κ1) is 13.8. The van der Waals surface area contributed by atoms with E-state index >= 15 is 0 Å². The van der Waals surface area contributed by atoms with Crippen molar-refractivity contribution in [2.24, 2.45) is 5.92 Å². The number of aliphatic carboxylic acids is 1. The van der Waals surface area contributed by atoms with Crippen LogP contribution in [-0.2, 0) is 4.79 Å². The molecule has 0 spiro atoms. The average Bonchev–Trinajstić information content (AvgIpc) is 2.92. The number of carboxylic acid groups (broad SMARTS) is 1. The number of hydrogen-bond acceptors (Lipinski definition) is 2. The van der Waals surface area contributed by atoms with Gasteiger partial charge in [0.2, 0.25) is 0 Å². The Morgan fingerprint density at radius 2 is 2.00 bits per heavy atom. The SMILES string of the molecule is CC(C)(CC(=O)O)NC(=O)NCCCC1CC1. The van der Waals surface area contributed by atoms with E-state index in [-0.39, 0.29) is 12.5 Å². The van der Waals surface area contributed by atoms with Crippen LogP contribution in [-0.4, -0.2) is 29.2 Å². The molecular formula is C12H22N2O3. The van der Waals surface area contributed by atoms with Crippen molar-refractivity contribution in [3.63, 3.8) is 0 Å². The van der Waals surface area contributed by atoms with E-state index in [1.54, 1.807) is 13.8 Å². The molecule has 0 saturated heterocycles. The zero-order chi connectivity index (χ0) is 12.9. The van der Waals surface area contributed by atoms with Crippen LogP contribution in [0.4, 0.5) is 4.79 Å². The summed E-state index contributed by atoms with van der Waals surface area (Å²) < 4.78 is 0. The first-order chi connectivity index (χ1) is 7.89. The quantitative estimate of drug-likeness (QED) is 0.595. The highest BCUT2D eigenvalue weighted by atomic mass is 16.4. The van der Waals surface area contributed by atoms with E-state index in [0.717, 1.165) is 12.3 Å². The molecule has 98 valence electrons. The van der Waals surface area contributed by atoms with Gasteiger partial charge >= 0.3 is 12.0 Å². The minimum Gasteiger partial charge on any atom is -0.481 e. The summed E-state index contributed by atoms with van der Waals surface area (Å²) in [5.74, 6) is -0.0349. The molecule has 0 aromatic carbocycles. The van der Waals surface area contributed by atoms with E-state index in [9.17, 15) is 9.59 Å². The van der Waals surface area contributed by atoms with Gasteiger partial charge in [-0.15, -0.1) is 0 Å². The van der Waals surface area contributed by atoms with Gasteiger partial charge in [0.25, 0.3) is 0 Å². The number of urea groups is 1. The lowest BCUT2D eigenvalue weighted by molar-refractivity contribution is -0.138. The van der Waals surface area contributed by atoms with Gasteiger partial charge in [-0.2, -0.15) is 0 Å². The molecule has 0 radical (unpaired) electrons. The number of amides is 2. The zero-order valence-electron chi connectivity index (χ0n) is 10.6. The number of carbonyl (C=O) groups is 2. The van der Waals surface area contributed by atoms with Gasteiger partial charge in [-0.25, -0.2) is 4.79 Å². The molecular weight excluding hydrogens is 220 g/mol. The molecule has 17 heavy (non-hydrogen) atoms. The van der Waals surface area contributed by atoms with Gasteiger partial charge in [0.15, 0.2) is 0 Å². The maximum absolute atomic E-state index is 11.5. The maximum atomic E-state index is 11.5. The summed E-state index contributed by atoms with van der Waals surface area (Å²) in [4.78, 5) is 22.1. The largest absolute Gasteiger partial charge is 0.481 e. The third kappa shape index (κ3) is 6.81. The van der Waals surface area contributed by atoms with Crippen LogP contribution >= 0.6 is 0 Å². The summed E-state index contributed by atoms with van der Waals surface area (Å²) in [5.41, 5.74) is -0.716. The Labute approximate surface area is 102 Å². The molecule has 0 heterocycles. The molecule has 0 aliphatic heterocycles. The van der Waals surface area contributed by atoms with Gasteiger partial charge in [0, 0.05) is 12.1 Å². The Morgan fingerprint density at radius 1 is 1.35 bits per heavy atom. The van der Waals surface area contributed by atoms with Crippen LogP contribution in [0, 0.1) is 5.92 Å². The summed E-state index contributed by atoms with van der Waals surface area (Å²) in [6.45, 7) is 4.06. The summed E-state index contributed by atoms with van der Waals surface area (Å²) in [6.07, 6.45) is 4.76. The predicted octanol–water partition coefficient (Wildman–Crippen LogP) is 1.73. The lowest BCUT2D eigenvalue weighted by Gasteiger charge is -2.24.